The molecule has 1 N–H and O–H groups in total. The SMILES string of the molecule is Cc1nsc(Sc2nnc(Nc3ccc(C)c(C)c3)s2)n1. The molecule has 0 aliphatic rings. The quantitative estimate of drug-likeness (QED) is 0.770. The number of rotatable bonds is 4. The van der Waals surface area contributed by atoms with Gasteiger partial charge in [-0.25, -0.2) is 4.98 Å². The Morgan fingerprint density at radius 3 is 2.62 bits per heavy atom. The second-order valence-electron chi connectivity index (χ2n) is 4.51. The zero-order valence-corrected chi connectivity index (χ0v) is 14.2. The highest BCUT2D eigenvalue weighted by Crippen LogP contribution is 2.33. The monoisotopic (exact) mass is 335 g/mol. The highest BCUT2D eigenvalue weighted by atomic mass is 32.2. The van der Waals surface area contributed by atoms with E-state index in [1.54, 1.807) is 0 Å². The lowest BCUT2D eigenvalue weighted by atomic mass is 10.1. The van der Waals surface area contributed by atoms with Crippen LogP contribution in [0.3, 0.4) is 0 Å². The van der Waals surface area contributed by atoms with Gasteiger partial charge in [0.05, 0.1) is 0 Å². The molecule has 2 aromatic heterocycles. The van der Waals surface area contributed by atoms with Crippen molar-refractivity contribution in [2.24, 2.45) is 0 Å². The Balaban J connectivity index is 1.71. The third kappa shape index (κ3) is 3.58. The first-order chi connectivity index (χ1) is 10.1. The van der Waals surface area contributed by atoms with Crippen molar-refractivity contribution < 1.29 is 0 Å². The van der Waals surface area contributed by atoms with Crippen molar-refractivity contribution in [2.75, 3.05) is 5.32 Å². The molecule has 5 nitrogen and oxygen atoms in total. The van der Waals surface area contributed by atoms with Crippen LogP contribution in [0.2, 0.25) is 0 Å². The summed E-state index contributed by atoms with van der Waals surface area (Å²) in [5.41, 5.74) is 3.56. The van der Waals surface area contributed by atoms with E-state index in [4.69, 9.17) is 0 Å². The molecule has 0 saturated heterocycles. The summed E-state index contributed by atoms with van der Waals surface area (Å²) in [7, 11) is 0. The minimum Gasteiger partial charge on any atom is -0.330 e. The lowest BCUT2D eigenvalue weighted by Crippen LogP contribution is -1.91. The standard InChI is InChI=1S/C13H13N5S3/c1-7-4-5-10(6-8(7)2)15-11-16-17-13(19-11)20-12-14-9(3)18-21-12/h4-6H,1-3H3,(H,15,16). The summed E-state index contributed by atoms with van der Waals surface area (Å²) in [5.74, 6) is 0.792. The van der Waals surface area contributed by atoms with Gasteiger partial charge in [-0.1, -0.05) is 17.4 Å². The van der Waals surface area contributed by atoms with Crippen LogP contribution in [0.4, 0.5) is 10.8 Å². The average Bonchev–Trinajstić information content (AvgIpc) is 3.04. The lowest BCUT2D eigenvalue weighted by molar-refractivity contribution is 1.01. The van der Waals surface area contributed by atoms with E-state index in [-0.39, 0.29) is 0 Å². The van der Waals surface area contributed by atoms with Crippen molar-refractivity contribution in [1.82, 2.24) is 19.6 Å². The van der Waals surface area contributed by atoms with Gasteiger partial charge < -0.3 is 5.32 Å². The largest absolute Gasteiger partial charge is 0.330 e. The van der Waals surface area contributed by atoms with Gasteiger partial charge in [-0.15, -0.1) is 10.2 Å². The molecule has 1 aromatic carbocycles. The van der Waals surface area contributed by atoms with Crippen LogP contribution in [0.15, 0.2) is 26.9 Å². The summed E-state index contributed by atoms with van der Waals surface area (Å²) in [6, 6.07) is 6.25. The summed E-state index contributed by atoms with van der Waals surface area (Å²) in [6.45, 7) is 6.08. The summed E-state index contributed by atoms with van der Waals surface area (Å²) < 4.78 is 5.90. The fourth-order valence-electron chi connectivity index (χ4n) is 1.64. The van der Waals surface area contributed by atoms with Crippen LogP contribution in [-0.2, 0) is 0 Å². The van der Waals surface area contributed by atoms with Gasteiger partial charge in [-0.2, -0.15) is 4.37 Å². The van der Waals surface area contributed by atoms with Crippen molar-refractivity contribution in [3.63, 3.8) is 0 Å². The lowest BCUT2D eigenvalue weighted by Gasteiger charge is -2.05. The highest BCUT2D eigenvalue weighted by molar-refractivity contribution is 8.02. The van der Waals surface area contributed by atoms with Crippen LogP contribution in [0, 0.1) is 20.8 Å². The fourth-order valence-corrected chi connectivity index (χ4v) is 4.26. The molecule has 0 atom stereocenters. The van der Waals surface area contributed by atoms with Crippen LogP contribution in [0.1, 0.15) is 17.0 Å². The van der Waals surface area contributed by atoms with Gasteiger partial charge >= 0.3 is 0 Å². The molecule has 0 amide bonds. The minimum absolute atomic E-state index is 0.780. The molecule has 8 heteroatoms. The van der Waals surface area contributed by atoms with Gasteiger partial charge in [0.1, 0.15) is 5.82 Å². The third-order valence-corrected chi connectivity index (χ3v) is 5.58. The van der Waals surface area contributed by atoms with E-state index in [1.165, 1.54) is 45.8 Å². The minimum atomic E-state index is 0.780. The Hall–Kier alpha value is -1.51. The molecule has 0 unspecified atom stereocenters. The zero-order chi connectivity index (χ0) is 14.8. The highest BCUT2D eigenvalue weighted by Gasteiger charge is 2.09. The molecule has 0 saturated carbocycles. The molecule has 2 heterocycles. The molecule has 0 bridgehead atoms. The third-order valence-electron chi connectivity index (χ3n) is 2.85. The van der Waals surface area contributed by atoms with E-state index in [1.807, 2.05) is 13.0 Å². The summed E-state index contributed by atoms with van der Waals surface area (Å²) in [5, 5.41) is 12.4. The maximum absolute atomic E-state index is 4.31. The molecule has 0 aliphatic heterocycles. The Morgan fingerprint density at radius 1 is 1.05 bits per heavy atom. The first-order valence-corrected chi connectivity index (χ1v) is 8.67. The second kappa shape index (κ2) is 6.08. The van der Waals surface area contributed by atoms with Gasteiger partial charge in [0.25, 0.3) is 0 Å². The Morgan fingerprint density at radius 2 is 1.90 bits per heavy atom. The number of anilines is 2. The van der Waals surface area contributed by atoms with Crippen LogP contribution >= 0.6 is 34.6 Å². The molecular formula is C13H13N5S3. The first kappa shape index (κ1) is 14.4. The van der Waals surface area contributed by atoms with Gasteiger partial charge in [-0.3, -0.25) is 0 Å². The number of benzene rings is 1. The van der Waals surface area contributed by atoms with Crippen molar-refractivity contribution in [2.45, 2.75) is 29.5 Å². The summed E-state index contributed by atoms with van der Waals surface area (Å²) in [6.07, 6.45) is 0. The molecule has 0 fully saturated rings. The second-order valence-corrected chi connectivity index (χ2v) is 7.73. The maximum Gasteiger partial charge on any atom is 0.210 e. The van der Waals surface area contributed by atoms with Crippen molar-refractivity contribution >= 4 is 45.5 Å². The molecule has 3 rings (SSSR count). The summed E-state index contributed by atoms with van der Waals surface area (Å²) >= 11 is 4.39. The van der Waals surface area contributed by atoms with E-state index >= 15 is 0 Å². The Kier molecular flexibility index (Phi) is 4.18. The number of nitrogens with zero attached hydrogens (tertiary/aromatic N) is 4. The molecule has 0 radical (unpaired) electrons. The maximum atomic E-state index is 4.31. The van der Waals surface area contributed by atoms with Crippen molar-refractivity contribution in [3.8, 4) is 0 Å². The van der Waals surface area contributed by atoms with Gasteiger partial charge in [0.15, 0.2) is 8.68 Å². The van der Waals surface area contributed by atoms with Crippen LogP contribution in [0.25, 0.3) is 0 Å². The summed E-state index contributed by atoms with van der Waals surface area (Å²) in [4.78, 5) is 4.31. The predicted octanol–water partition coefficient (Wildman–Crippen LogP) is 4.21. The number of aromatic nitrogens is 4. The van der Waals surface area contributed by atoms with Gasteiger partial charge in [0, 0.05) is 5.69 Å². The first-order valence-electron chi connectivity index (χ1n) is 6.26. The number of nitrogens with one attached hydrogen (secondary N) is 1. The van der Waals surface area contributed by atoms with E-state index in [0.29, 0.717) is 0 Å². The topological polar surface area (TPSA) is 63.6 Å². The van der Waals surface area contributed by atoms with Crippen LogP contribution in [0.5, 0.6) is 0 Å². The fraction of sp³-hybridized carbons (Fsp3) is 0.231. The predicted molar refractivity (Wildman–Crippen MR) is 87.9 cm³/mol. The normalized spacial score (nSPS) is 10.8. The van der Waals surface area contributed by atoms with E-state index < -0.39 is 0 Å². The molecule has 108 valence electrons. The van der Waals surface area contributed by atoms with E-state index in [9.17, 15) is 0 Å². The van der Waals surface area contributed by atoms with E-state index in [0.717, 1.165) is 25.3 Å². The number of aryl methyl sites for hydroxylation is 3. The van der Waals surface area contributed by atoms with Crippen molar-refractivity contribution in [3.05, 3.63) is 35.2 Å². The molecule has 0 spiro atoms. The Labute approximate surface area is 135 Å². The van der Waals surface area contributed by atoms with Crippen molar-refractivity contribution in [1.29, 1.82) is 0 Å². The molecule has 0 aliphatic carbocycles. The van der Waals surface area contributed by atoms with Crippen LogP contribution in [-0.4, -0.2) is 19.6 Å². The molecule has 3 aromatic rings. The average molecular weight is 335 g/mol. The zero-order valence-electron chi connectivity index (χ0n) is 11.7. The van der Waals surface area contributed by atoms with Crippen LogP contribution < -0.4 is 5.32 Å². The Bertz CT molecular complexity index is 765. The molecule has 21 heavy (non-hydrogen) atoms. The number of hydrogen-bond donors (Lipinski definition) is 1. The molecular weight excluding hydrogens is 322 g/mol. The van der Waals surface area contributed by atoms with Gasteiger partial charge in [-0.05, 0) is 67.3 Å². The smallest absolute Gasteiger partial charge is 0.210 e. The number of hydrogen-bond acceptors (Lipinski definition) is 8. The van der Waals surface area contributed by atoms with E-state index in [2.05, 4.69) is 50.9 Å². The van der Waals surface area contributed by atoms with Gasteiger partial charge in [0.2, 0.25) is 5.13 Å².